The number of anilines is 1. The van der Waals surface area contributed by atoms with E-state index in [2.05, 4.69) is 25.3 Å². The predicted octanol–water partition coefficient (Wildman–Crippen LogP) is 3.56. The van der Waals surface area contributed by atoms with Gasteiger partial charge in [-0.05, 0) is 23.6 Å². The second-order valence-electron chi connectivity index (χ2n) is 5.18. The maximum absolute atomic E-state index is 12.6. The fourth-order valence-corrected chi connectivity index (χ4v) is 3.20. The van der Waals surface area contributed by atoms with Crippen LogP contribution in [0.3, 0.4) is 0 Å². The van der Waals surface area contributed by atoms with Crippen LogP contribution in [0.2, 0.25) is 0 Å². The first-order valence-corrected chi connectivity index (χ1v) is 8.54. The fourth-order valence-electron chi connectivity index (χ4n) is 2.43. The van der Waals surface area contributed by atoms with Gasteiger partial charge in [0.25, 0.3) is 5.91 Å². The van der Waals surface area contributed by atoms with Crippen molar-refractivity contribution in [3.05, 3.63) is 53.7 Å². The lowest BCUT2D eigenvalue weighted by atomic mass is 10.2. The molecule has 0 bridgehead atoms. The minimum absolute atomic E-state index is 0.267. The Morgan fingerprint density at radius 3 is 2.96 bits per heavy atom. The second-order valence-corrected chi connectivity index (χ2v) is 6.08. The molecular formula is C17H13N5O2S. The summed E-state index contributed by atoms with van der Waals surface area (Å²) in [5, 5.41) is 5.51. The van der Waals surface area contributed by atoms with Crippen LogP contribution in [0.5, 0.6) is 0 Å². The van der Waals surface area contributed by atoms with Gasteiger partial charge in [0.2, 0.25) is 0 Å². The first-order chi connectivity index (χ1) is 12.3. The lowest BCUT2D eigenvalue weighted by molar-refractivity contribution is 0.102. The molecule has 25 heavy (non-hydrogen) atoms. The Bertz CT molecular complexity index is 1040. The Kier molecular flexibility index (Phi) is 3.95. The molecule has 0 radical (unpaired) electrons. The fraction of sp³-hybridized carbons (Fsp3) is 0.118. The maximum atomic E-state index is 12.6. The minimum Gasteiger partial charge on any atom is -0.448 e. The minimum atomic E-state index is -0.358. The van der Waals surface area contributed by atoms with Gasteiger partial charge in [-0.1, -0.05) is 13.0 Å². The summed E-state index contributed by atoms with van der Waals surface area (Å²) in [4.78, 5) is 30.6. The number of nitrogens with one attached hydrogen (secondary N) is 1. The highest BCUT2D eigenvalue weighted by molar-refractivity contribution is 7.16. The maximum Gasteiger partial charge on any atom is 0.279 e. The summed E-state index contributed by atoms with van der Waals surface area (Å²) in [6, 6.07) is 7.40. The van der Waals surface area contributed by atoms with Crippen molar-refractivity contribution in [3.63, 3.8) is 0 Å². The van der Waals surface area contributed by atoms with Gasteiger partial charge in [-0.3, -0.25) is 9.78 Å². The van der Waals surface area contributed by atoms with E-state index in [1.165, 1.54) is 17.7 Å². The molecule has 4 rings (SSSR count). The molecule has 0 saturated carbocycles. The Morgan fingerprint density at radius 1 is 1.24 bits per heavy atom. The van der Waals surface area contributed by atoms with Crippen LogP contribution in [-0.4, -0.2) is 25.8 Å². The second kappa shape index (κ2) is 6.40. The average Bonchev–Trinajstić information content (AvgIpc) is 3.31. The van der Waals surface area contributed by atoms with E-state index in [0.29, 0.717) is 29.5 Å². The predicted molar refractivity (Wildman–Crippen MR) is 94.5 cm³/mol. The normalized spacial score (nSPS) is 10.9. The lowest BCUT2D eigenvalue weighted by Gasteiger charge is -2.07. The molecule has 0 aliphatic carbocycles. The van der Waals surface area contributed by atoms with Crippen LogP contribution in [0.15, 0.2) is 46.7 Å². The van der Waals surface area contributed by atoms with E-state index in [0.717, 1.165) is 10.2 Å². The van der Waals surface area contributed by atoms with Crippen molar-refractivity contribution >= 4 is 33.3 Å². The number of hydrogen-bond donors (Lipinski definition) is 1. The first-order valence-electron chi connectivity index (χ1n) is 7.66. The average molecular weight is 351 g/mol. The summed E-state index contributed by atoms with van der Waals surface area (Å²) in [5.41, 5.74) is 0.910. The molecule has 0 spiro atoms. The third-order valence-electron chi connectivity index (χ3n) is 3.63. The van der Waals surface area contributed by atoms with E-state index >= 15 is 0 Å². The molecule has 0 fully saturated rings. The van der Waals surface area contributed by atoms with Gasteiger partial charge in [-0.2, -0.15) is 0 Å². The molecule has 1 N–H and O–H groups in total. The van der Waals surface area contributed by atoms with Crippen LogP contribution in [0.4, 0.5) is 5.82 Å². The van der Waals surface area contributed by atoms with Crippen molar-refractivity contribution in [1.82, 2.24) is 19.9 Å². The monoisotopic (exact) mass is 351 g/mol. The number of pyridine rings is 1. The number of thiophene rings is 1. The van der Waals surface area contributed by atoms with Crippen LogP contribution in [0.25, 0.3) is 21.7 Å². The summed E-state index contributed by atoms with van der Waals surface area (Å²) in [5.74, 6) is 1.07. The highest BCUT2D eigenvalue weighted by Crippen LogP contribution is 2.28. The molecule has 0 saturated heterocycles. The van der Waals surface area contributed by atoms with Gasteiger partial charge in [0.15, 0.2) is 17.9 Å². The summed E-state index contributed by atoms with van der Waals surface area (Å²) in [7, 11) is 0. The molecular weight excluding hydrogens is 338 g/mol. The van der Waals surface area contributed by atoms with E-state index in [1.54, 1.807) is 6.20 Å². The summed E-state index contributed by atoms with van der Waals surface area (Å²) < 4.78 is 5.23. The molecule has 4 aromatic rings. The zero-order valence-corrected chi connectivity index (χ0v) is 14.1. The first kappa shape index (κ1) is 15.4. The van der Waals surface area contributed by atoms with Crippen molar-refractivity contribution in [2.45, 2.75) is 13.3 Å². The van der Waals surface area contributed by atoms with E-state index in [1.807, 2.05) is 36.6 Å². The molecule has 7 nitrogen and oxygen atoms in total. The van der Waals surface area contributed by atoms with Crippen molar-refractivity contribution in [3.8, 4) is 11.5 Å². The Morgan fingerprint density at radius 2 is 2.16 bits per heavy atom. The van der Waals surface area contributed by atoms with Gasteiger partial charge in [-0.25, -0.2) is 15.0 Å². The number of aromatic nitrogens is 4. The zero-order chi connectivity index (χ0) is 17.2. The molecule has 0 aliphatic heterocycles. The lowest BCUT2D eigenvalue weighted by Crippen LogP contribution is -2.15. The quantitative estimate of drug-likeness (QED) is 0.604. The highest BCUT2D eigenvalue weighted by Gasteiger charge is 2.19. The van der Waals surface area contributed by atoms with Crippen molar-refractivity contribution in [1.29, 1.82) is 0 Å². The van der Waals surface area contributed by atoms with E-state index < -0.39 is 0 Å². The van der Waals surface area contributed by atoms with E-state index in [-0.39, 0.29) is 11.6 Å². The van der Waals surface area contributed by atoms with Crippen LogP contribution >= 0.6 is 11.3 Å². The molecule has 0 unspecified atom stereocenters. The van der Waals surface area contributed by atoms with E-state index in [9.17, 15) is 4.79 Å². The van der Waals surface area contributed by atoms with Gasteiger partial charge in [0.1, 0.15) is 22.1 Å². The molecule has 4 aromatic heterocycles. The molecule has 0 atom stereocenters. The number of fused-ring (bicyclic) bond motifs is 1. The largest absolute Gasteiger partial charge is 0.448 e. The third kappa shape index (κ3) is 2.87. The van der Waals surface area contributed by atoms with E-state index in [4.69, 9.17) is 4.42 Å². The number of amides is 1. The molecule has 1 amide bonds. The van der Waals surface area contributed by atoms with Crippen LogP contribution < -0.4 is 5.32 Å². The third-order valence-corrected chi connectivity index (χ3v) is 4.43. The number of carbonyl (C=O) groups is 1. The van der Waals surface area contributed by atoms with Crippen LogP contribution in [0.1, 0.15) is 23.2 Å². The van der Waals surface area contributed by atoms with Crippen molar-refractivity contribution in [2.24, 2.45) is 0 Å². The smallest absolute Gasteiger partial charge is 0.279 e. The number of aryl methyl sites for hydroxylation is 1. The Labute approximate surface area is 146 Å². The number of oxazole rings is 1. The van der Waals surface area contributed by atoms with Gasteiger partial charge < -0.3 is 9.73 Å². The Balaban J connectivity index is 1.76. The molecule has 8 heteroatoms. The molecule has 0 aromatic carbocycles. The number of nitrogens with zero attached hydrogens (tertiary/aromatic N) is 4. The standard InChI is InChI=1S/C17H13N5O2S/c1-2-12-13(19-9-24-12)16(23)21-14-10-6-8-25-17(10)22-15(20-14)11-5-3-4-7-18-11/h3-9H,2H2,1H3,(H,20,21,22,23). The summed E-state index contributed by atoms with van der Waals surface area (Å²) in [6.07, 6.45) is 3.53. The zero-order valence-electron chi connectivity index (χ0n) is 13.3. The summed E-state index contributed by atoms with van der Waals surface area (Å²) >= 11 is 1.48. The highest BCUT2D eigenvalue weighted by atomic mass is 32.1. The Hall–Kier alpha value is -3.13. The van der Waals surface area contributed by atoms with Crippen molar-refractivity contribution in [2.75, 3.05) is 5.32 Å². The van der Waals surface area contributed by atoms with Gasteiger partial charge in [-0.15, -0.1) is 11.3 Å². The van der Waals surface area contributed by atoms with Crippen molar-refractivity contribution < 1.29 is 9.21 Å². The van der Waals surface area contributed by atoms with Gasteiger partial charge in [0, 0.05) is 12.6 Å². The molecule has 0 aliphatic rings. The SMILES string of the molecule is CCc1ocnc1C(=O)Nc1nc(-c2ccccn2)nc2sccc12. The topological polar surface area (TPSA) is 93.8 Å². The molecule has 124 valence electrons. The van der Waals surface area contributed by atoms with Gasteiger partial charge in [0.05, 0.1) is 5.39 Å². The summed E-state index contributed by atoms with van der Waals surface area (Å²) in [6.45, 7) is 1.90. The van der Waals surface area contributed by atoms with Crippen LogP contribution in [-0.2, 0) is 6.42 Å². The van der Waals surface area contributed by atoms with Crippen LogP contribution in [0, 0.1) is 0 Å². The molecule has 4 heterocycles. The number of hydrogen-bond acceptors (Lipinski definition) is 7. The number of rotatable bonds is 4. The number of carbonyl (C=O) groups excluding carboxylic acids is 1. The van der Waals surface area contributed by atoms with Gasteiger partial charge >= 0.3 is 0 Å².